The molecular weight excluding hydrogens is 745 g/mol. The summed E-state index contributed by atoms with van der Waals surface area (Å²) in [5.74, 6) is 0.290. The van der Waals surface area contributed by atoms with Gasteiger partial charge >= 0.3 is 37.7 Å². The molecule has 0 heterocycles. The molecule has 0 fully saturated rings. The Morgan fingerprint density at radius 2 is 1.04 bits per heavy atom. The van der Waals surface area contributed by atoms with Crippen LogP contribution < -0.4 is 14.6 Å². The minimum absolute atomic E-state index is 0. The summed E-state index contributed by atoms with van der Waals surface area (Å²) in [7, 11) is -9.07. The molecule has 0 bridgehead atoms. The number of aryl methyl sites for hydroxylation is 2. The summed E-state index contributed by atoms with van der Waals surface area (Å²) in [6, 6.07) is 21.0. The second-order valence-electron chi connectivity index (χ2n) is 12.7. The van der Waals surface area contributed by atoms with Crippen LogP contribution in [0.4, 0.5) is 0 Å². The molecule has 284 valence electrons. The smallest absolute Gasteiger partial charge is 0.872 e. The van der Waals surface area contributed by atoms with Crippen LogP contribution in [0.15, 0.2) is 94.7 Å². The zero-order chi connectivity index (χ0) is 38.0. The van der Waals surface area contributed by atoms with E-state index in [1.165, 1.54) is 93.8 Å². The molecule has 2 N–H and O–H groups in total. The van der Waals surface area contributed by atoms with Crippen molar-refractivity contribution in [2.75, 3.05) is 0 Å². The first kappa shape index (κ1) is 46.3. The fraction of sp³-hybridized carbons (Fsp3) is 0.400. The molecule has 10 nitrogen and oxygen atoms in total. The standard InChI is InChI=1S/2C20H26O5S.Ca/c2*1-2-3-4-5-6-7-9-16-12-13-20(26(22,23)24)19(14-16)25-18-11-8-10-17(21)15-18;/h2*8,10-15,21H,2-7,9H2,1H3,(H,22,23,24);/q;;+2/p-2. The van der Waals surface area contributed by atoms with E-state index in [9.17, 15) is 36.2 Å². The molecule has 0 aromatic heterocycles. The van der Waals surface area contributed by atoms with Gasteiger partial charge in [0.05, 0.1) is 4.90 Å². The van der Waals surface area contributed by atoms with E-state index in [0.717, 1.165) is 49.7 Å². The predicted octanol–water partition coefficient (Wildman–Crippen LogP) is 9.31. The first-order valence-electron chi connectivity index (χ1n) is 17.9. The molecule has 4 aromatic carbocycles. The quantitative estimate of drug-likeness (QED) is 0.0499. The van der Waals surface area contributed by atoms with Gasteiger partial charge in [-0.25, -0.2) is 8.42 Å². The topological polar surface area (TPSA) is 173 Å². The fourth-order valence-corrected chi connectivity index (χ4v) is 6.73. The molecule has 0 unspecified atom stereocenters. The van der Waals surface area contributed by atoms with Crippen molar-refractivity contribution in [3.63, 3.8) is 0 Å². The van der Waals surface area contributed by atoms with Crippen molar-refractivity contribution in [1.82, 2.24) is 0 Å². The molecule has 0 aliphatic carbocycles. The molecule has 0 atom stereocenters. The summed E-state index contributed by atoms with van der Waals surface area (Å²) in [6.45, 7) is 4.36. The van der Waals surface area contributed by atoms with E-state index in [1.54, 1.807) is 42.5 Å². The Labute approximate surface area is 345 Å². The summed E-state index contributed by atoms with van der Waals surface area (Å²) in [4.78, 5) is -0.701. The van der Waals surface area contributed by atoms with Gasteiger partial charge in [-0.2, -0.15) is 8.42 Å². The molecular formula is C40H50CaO10S2. The van der Waals surface area contributed by atoms with Crippen molar-refractivity contribution in [3.05, 3.63) is 96.1 Å². The van der Waals surface area contributed by atoms with E-state index in [-0.39, 0.29) is 71.4 Å². The maximum atomic E-state index is 11.6. The largest absolute Gasteiger partial charge is 2.00 e. The molecule has 13 heteroatoms. The van der Waals surface area contributed by atoms with Crippen molar-refractivity contribution in [2.24, 2.45) is 0 Å². The summed E-state index contributed by atoms with van der Waals surface area (Å²) in [5.41, 5.74) is 1.85. The number of aromatic hydroxyl groups is 1. The minimum Gasteiger partial charge on any atom is -0.872 e. The first-order chi connectivity index (χ1) is 24.8. The third kappa shape index (κ3) is 17.4. The van der Waals surface area contributed by atoms with Crippen molar-refractivity contribution in [2.45, 2.75) is 114 Å². The molecule has 4 aromatic rings. The van der Waals surface area contributed by atoms with Crippen LogP contribution in [0.5, 0.6) is 34.5 Å². The van der Waals surface area contributed by atoms with Crippen molar-refractivity contribution in [1.29, 1.82) is 0 Å². The number of hydrogen-bond acceptors (Lipinski definition) is 9. The van der Waals surface area contributed by atoms with Crippen molar-refractivity contribution in [3.8, 4) is 34.5 Å². The summed E-state index contributed by atoms with van der Waals surface area (Å²) < 4.78 is 78.3. The Morgan fingerprint density at radius 1 is 0.585 bits per heavy atom. The van der Waals surface area contributed by atoms with Crippen LogP contribution in [0.3, 0.4) is 0 Å². The molecule has 0 radical (unpaired) electrons. The fourth-order valence-electron chi connectivity index (χ4n) is 5.55. The number of phenolic OH excluding ortho intramolecular Hbond substituents is 1. The molecule has 4 rings (SSSR count). The van der Waals surface area contributed by atoms with E-state index in [4.69, 9.17) is 9.47 Å². The third-order valence-corrected chi connectivity index (χ3v) is 10.0. The van der Waals surface area contributed by atoms with Crippen molar-refractivity contribution < 1.29 is 45.6 Å². The van der Waals surface area contributed by atoms with Gasteiger partial charge in [0.15, 0.2) is 0 Å². The Bertz CT molecular complexity index is 1780. The Hall–Kier alpha value is -2.84. The second-order valence-corrected chi connectivity index (χ2v) is 15.4. The number of hydrogen-bond donors (Lipinski definition) is 2. The Morgan fingerprint density at radius 3 is 1.51 bits per heavy atom. The Kier molecular flexibility index (Phi) is 20.8. The molecule has 0 spiro atoms. The molecule has 0 aliphatic heterocycles. The number of ether oxygens (including phenoxy) is 2. The van der Waals surface area contributed by atoms with Crippen LogP contribution in [-0.4, -0.2) is 68.8 Å². The van der Waals surface area contributed by atoms with Crippen molar-refractivity contribution >= 4 is 58.0 Å². The summed E-state index contributed by atoms with van der Waals surface area (Å²) in [6.07, 6.45) is 15.6. The van der Waals surface area contributed by atoms with Gasteiger partial charge in [0, 0.05) is 6.07 Å². The van der Waals surface area contributed by atoms with Crippen LogP contribution in [0.25, 0.3) is 0 Å². The van der Waals surface area contributed by atoms with Gasteiger partial charge < -0.3 is 24.2 Å². The molecule has 0 amide bonds. The van der Waals surface area contributed by atoms with Crippen LogP contribution in [0.2, 0.25) is 0 Å². The second kappa shape index (κ2) is 23.8. The van der Waals surface area contributed by atoms with E-state index in [0.29, 0.717) is 5.75 Å². The molecule has 0 saturated heterocycles. The van der Waals surface area contributed by atoms with Crippen LogP contribution in [0.1, 0.15) is 102 Å². The van der Waals surface area contributed by atoms with Crippen LogP contribution in [0, 0.1) is 0 Å². The van der Waals surface area contributed by atoms with Gasteiger partial charge in [-0.1, -0.05) is 108 Å². The first-order valence-corrected chi connectivity index (χ1v) is 20.8. The average Bonchev–Trinajstić information content (AvgIpc) is 3.07. The molecule has 53 heavy (non-hydrogen) atoms. The molecule has 0 aliphatic rings. The van der Waals surface area contributed by atoms with Gasteiger partial charge in [0.25, 0.3) is 10.1 Å². The predicted molar refractivity (Wildman–Crippen MR) is 205 cm³/mol. The summed E-state index contributed by atoms with van der Waals surface area (Å²) >= 11 is 0. The van der Waals surface area contributed by atoms with Crippen LogP contribution in [-0.2, 0) is 33.1 Å². The van der Waals surface area contributed by atoms with Gasteiger partial charge in [-0.05, 0) is 85.3 Å². The van der Waals surface area contributed by atoms with Gasteiger partial charge in [-0.3, -0.25) is 4.55 Å². The molecule has 0 saturated carbocycles. The third-order valence-electron chi connectivity index (χ3n) is 8.28. The van der Waals surface area contributed by atoms with E-state index < -0.39 is 25.1 Å². The van der Waals surface area contributed by atoms with Crippen LogP contribution >= 0.6 is 0 Å². The number of unbranched alkanes of at least 4 members (excludes halogenated alkanes) is 10. The monoisotopic (exact) mass is 794 g/mol. The SMILES string of the molecule is CCCCCCCCc1ccc(S(=O)(=O)O)c(Oc2cccc(O)c2)c1.CCCCCCCCc1ccc(S(=O)(=O)[O-])c(Oc2cccc([O-])c2)c1.[Ca+2]. The normalized spacial score (nSPS) is 11.2. The van der Waals surface area contributed by atoms with E-state index in [2.05, 4.69) is 13.8 Å². The van der Waals surface area contributed by atoms with Gasteiger partial charge in [0.1, 0.15) is 43.8 Å². The zero-order valence-electron chi connectivity index (χ0n) is 30.7. The van der Waals surface area contributed by atoms with Gasteiger partial charge in [-0.15, -0.1) is 5.75 Å². The van der Waals surface area contributed by atoms with Gasteiger partial charge in [0.2, 0.25) is 0 Å². The Balaban J connectivity index is 0.000000360. The average molecular weight is 795 g/mol. The van der Waals surface area contributed by atoms with E-state index in [1.807, 2.05) is 0 Å². The minimum atomic E-state index is -4.67. The van der Waals surface area contributed by atoms with E-state index >= 15 is 0 Å². The maximum absolute atomic E-state index is 11.6. The zero-order valence-corrected chi connectivity index (χ0v) is 34.5. The summed E-state index contributed by atoms with van der Waals surface area (Å²) in [5, 5.41) is 21.0. The number of rotatable bonds is 20. The maximum Gasteiger partial charge on any atom is 2.00 e. The number of benzene rings is 4. The number of phenols is 1.